The van der Waals surface area contributed by atoms with Crippen LogP contribution in [0.3, 0.4) is 0 Å². The number of rotatable bonds is 7. The Morgan fingerprint density at radius 1 is 1.26 bits per heavy atom. The summed E-state index contributed by atoms with van der Waals surface area (Å²) in [6, 6.07) is 6.96. The predicted molar refractivity (Wildman–Crippen MR) is 127 cm³/mol. The summed E-state index contributed by atoms with van der Waals surface area (Å²) in [5.74, 6) is 0.931. The zero-order chi connectivity index (χ0) is 24.5. The molecule has 2 fully saturated rings. The van der Waals surface area contributed by atoms with Gasteiger partial charge < -0.3 is 20.1 Å². The molecule has 2 aromatic rings. The number of nitriles is 1. The summed E-state index contributed by atoms with van der Waals surface area (Å²) in [5.41, 5.74) is 0.121. The van der Waals surface area contributed by atoms with Crippen molar-refractivity contribution in [2.45, 2.75) is 59.0 Å². The fourth-order valence-corrected chi connectivity index (χ4v) is 5.53. The molecule has 1 unspecified atom stereocenters. The first-order valence-corrected chi connectivity index (χ1v) is 11.8. The van der Waals surface area contributed by atoms with E-state index < -0.39 is 0 Å². The van der Waals surface area contributed by atoms with Crippen molar-refractivity contribution in [1.29, 1.82) is 5.26 Å². The van der Waals surface area contributed by atoms with E-state index in [9.17, 15) is 4.79 Å². The third-order valence-electron chi connectivity index (χ3n) is 6.86. The van der Waals surface area contributed by atoms with E-state index >= 15 is 0 Å². The molecule has 1 aromatic heterocycles. The molecule has 0 bridgehead atoms. The Bertz CT molecular complexity index is 1070. The Labute approximate surface area is 205 Å². The molecular formula is C25H30ClN5O3. The molecule has 2 aliphatic rings. The normalized spacial score (nSPS) is 24.6. The maximum atomic E-state index is 13.0. The average molecular weight is 484 g/mol. The number of halogens is 1. The van der Waals surface area contributed by atoms with E-state index in [2.05, 4.69) is 48.3 Å². The summed E-state index contributed by atoms with van der Waals surface area (Å²) in [6.45, 7) is 10.4. The summed E-state index contributed by atoms with van der Waals surface area (Å²) in [4.78, 5) is 21.6. The van der Waals surface area contributed by atoms with E-state index in [4.69, 9.17) is 26.3 Å². The van der Waals surface area contributed by atoms with Gasteiger partial charge in [-0.1, -0.05) is 39.3 Å². The highest BCUT2D eigenvalue weighted by atomic mass is 35.5. The molecule has 2 heterocycles. The Hall–Kier alpha value is -2.73. The van der Waals surface area contributed by atoms with Crippen LogP contribution in [0, 0.1) is 22.2 Å². The maximum Gasteiger partial charge on any atom is 0.254 e. The number of amides is 1. The Morgan fingerprint density at radius 2 is 1.97 bits per heavy atom. The molecule has 1 atom stereocenters. The summed E-state index contributed by atoms with van der Waals surface area (Å²) >= 11 is 6.16. The minimum atomic E-state index is -0.344. The van der Waals surface area contributed by atoms with Gasteiger partial charge in [0.05, 0.1) is 22.3 Å². The summed E-state index contributed by atoms with van der Waals surface area (Å²) in [5, 5.41) is 15.8. The SMILES string of the molecule is CC1(C)C(NC(=O)c2cnc(COC3CCNC3)nc2)C(C)(C)C1Oc1ccc(C#N)c(Cl)c1. The fraction of sp³-hybridized carbons (Fsp3) is 0.520. The first-order valence-electron chi connectivity index (χ1n) is 11.4. The monoisotopic (exact) mass is 483 g/mol. The standard InChI is InChI=1S/C25H30ClN5O3/c1-24(2)22(25(3,4)23(24)34-17-6-5-15(10-27)19(26)9-17)31-21(32)16-11-29-20(30-12-16)14-33-18-7-8-28-13-18/h5-6,9,11-12,18,22-23,28H,7-8,13-14H2,1-4H3,(H,31,32). The van der Waals surface area contributed by atoms with Gasteiger partial charge in [0.2, 0.25) is 0 Å². The van der Waals surface area contributed by atoms with E-state index in [1.54, 1.807) is 30.6 Å². The molecule has 0 spiro atoms. The molecule has 0 radical (unpaired) electrons. The van der Waals surface area contributed by atoms with Gasteiger partial charge in [-0.15, -0.1) is 0 Å². The topological polar surface area (TPSA) is 109 Å². The third-order valence-corrected chi connectivity index (χ3v) is 7.17. The highest BCUT2D eigenvalue weighted by molar-refractivity contribution is 6.31. The molecule has 1 saturated carbocycles. The van der Waals surface area contributed by atoms with Gasteiger partial charge in [-0.3, -0.25) is 4.79 Å². The highest BCUT2D eigenvalue weighted by Crippen LogP contribution is 2.55. The van der Waals surface area contributed by atoms with E-state index in [-0.39, 0.29) is 35.0 Å². The largest absolute Gasteiger partial charge is 0.489 e. The predicted octanol–water partition coefficient (Wildman–Crippen LogP) is 3.49. The lowest BCUT2D eigenvalue weighted by atomic mass is 9.49. The van der Waals surface area contributed by atoms with Gasteiger partial charge in [-0.2, -0.15) is 5.26 Å². The lowest BCUT2D eigenvalue weighted by Gasteiger charge is -2.63. The first kappa shape index (κ1) is 24.4. The molecule has 2 N–H and O–H groups in total. The quantitative estimate of drug-likeness (QED) is 0.620. The van der Waals surface area contributed by atoms with Crippen LogP contribution >= 0.6 is 11.6 Å². The number of nitrogens with zero attached hydrogens (tertiary/aromatic N) is 3. The second-order valence-corrected chi connectivity index (χ2v) is 10.5. The van der Waals surface area contributed by atoms with Crippen LogP contribution in [0.15, 0.2) is 30.6 Å². The minimum absolute atomic E-state index is 0.135. The molecule has 1 aliphatic heterocycles. The van der Waals surface area contributed by atoms with Gasteiger partial charge in [-0.25, -0.2) is 9.97 Å². The Kier molecular flexibility index (Phi) is 6.81. The third kappa shape index (κ3) is 4.74. The lowest BCUT2D eigenvalue weighted by molar-refractivity contribution is -0.164. The van der Waals surface area contributed by atoms with Crippen LogP contribution in [0.1, 0.15) is 55.9 Å². The van der Waals surface area contributed by atoms with Gasteiger partial charge in [0.25, 0.3) is 5.91 Å². The Balaban J connectivity index is 1.38. The molecular weight excluding hydrogens is 454 g/mol. The molecule has 1 amide bonds. The smallest absolute Gasteiger partial charge is 0.254 e. The summed E-state index contributed by atoms with van der Waals surface area (Å²) in [7, 11) is 0. The maximum absolute atomic E-state index is 13.0. The molecule has 1 aliphatic carbocycles. The van der Waals surface area contributed by atoms with Crippen molar-refractivity contribution in [3.8, 4) is 11.8 Å². The molecule has 4 rings (SSSR count). The average Bonchev–Trinajstić information content (AvgIpc) is 3.33. The molecule has 1 saturated heterocycles. The van der Waals surface area contributed by atoms with Crippen molar-refractivity contribution in [2.75, 3.05) is 13.1 Å². The van der Waals surface area contributed by atoms with E-state index in [0.717, 1.165) is 19.5 Å². The van der Waals surface area contributed by atoms with Crippen molar-refractivity contribution >= 4 is 17.5 Å². The zero-order valence-electron chi connectivity index (χ0n) is 19.9. The van der Waals surface area contributed by atoms with Crippen molar-refractivity contribution in [2.24, 2.45) is 10.8 Å². The number of hydrogen-bond acceptors (Lipinski definition) is 7. The lowest BCUT2D eigenvalue weighted by Crippen LogP contribution is -2.74. The number of ether oxygens (including phenoxy) is 2. The second-order valence-electron chi connectivity index (χ2n) is 10.1. The number of carbonyl (C=O) groups is 1. The fourth-order valence-electron chi connectivity index (χ4n) is 5.32. The van der Waals surface area contributed by atoms with E-state index in [1.807, 2.05) is 6.07 Å². The van der Waals surface area contributed by atoms with Crippen LogP contribution in [0.2, 0.25) is 5.02 Å². The van der Waals surface area contributed by atoms with Crippen LogP contribution in [0.5, 0.6) is 5.75 Å². The van der Waals surface area contributed by atoms with Crippen LogP contribution in [-0.4, -0.2) is 47.2 Å². The summed E-state index contributed by atoms with van der Waals surface area (Å²) in [6.07, 6.45) is 4.08. The van der Waals surface area contributed by atoms with Crippen molar-refractivity contribution in [1.82, 2.24) is 20.6 Å². The van der Waals surface area contributed by atoms with Gasteiger partial charge in [0.1, 0.15) is 24.5 Å². The van der Waals surface area contributed by atoms with Crippen molar-refractivity contribution < 1.29 is 14.3 Å². The number of hydrogen-bond donors (Lipinski definition) is 2. The molecule has 8 nitrogen and oxygen atoms in total. The first-order chi connectivity index (χ1) is 16.1. The number of benzene rings is 1. The van der Waals surface area contributed by atoms with Crippen LogP contribution in [0.25, 0.3) is 0 Å². The Morgan fingerprint density at radius 3 is 2.56 bits per heavy atom. The number of carbonyl (C=O) groups excluding carboxylic acids is 1. The van der Waals surface area contributed by atoms with Gasteiger partial charge >= 0.3 is 0 Å². The van der Waals surface area contributed by atoms with E-state index in [1.165, 1.54) is 0 Å². The summed E-state index contributed by atoms with van der Waals surface area (Å²) < 4.78 is 12.1. The number of nitrogens with one attached hydrogen (secondary N) is 2. The van der Waals surface area contributed by atoms with Crippen molar-refractivity contribution in [3.63, 3.8) is 0 Å². The van der Waals surface area contributed by atoms with Gasteiger partial charge in [0.15, 0.2) is 5.82 Å². The van der Waals surface area contributed by atoms with Crippen LogP contribution in [-0.2, 0) is 11.3 Å². The molecule has 9 heteroatoms. The second kappa shape index (κ2) is 9.49. The van der Waals surface area contributed by atoms with Gasteiger partial charge in [-0.05, 0) is 25.1 Å². The molecule has 180 valence electrons. The van der Waals surface area contributed by atoms with Gasteiger partial charge in [0, 0.05) is 41.9 Å². The van der Waals surface area contributed by atoms with Crippen LogP contribution in [0.4, 0.5) is 0 Å². The zero-order valence-corrected chi connectivity index (χ0v) is 20.6. The van der Waals surface area contributed by atoms with Crippen LogP contribution < -0.4 is 15.4 Å². The van der Waals surface area contributed by atoms with Crippen molar-refractivity contribution in [3.05, 3.63) is 52.6 Å². The molecule has 34 heavy (non-hydrogen) atoms. The number of aromatic nitrogens is 2. The van der Waals surface area contributed by atoms with E-state index in [0.29, 0.717) is 34.3 Å². The molecule has 1 aromatic carbocycles. The highest BCUT2D eigenvalue weighted by Gasteiger charge is 2.64. The minimum Gasteiger partial charge on any atom is -0.489 e.